The molecule has 1 aliphatic heterocycles. The fourth-order valence-electron chi connectivity index (χ4n) is 0.444. The molecule has 4 heteroatoms. The van der Waals surface area contributed by atoms with Gasteiger partial charge in [0, 0.05) is 6.08 Å². The van der Waals surface area contributed by atoms with E-state index >= 15 is 0 Å². The van der Waals surface area contributed by atoms with E-state index in [0.717, 1.165) is 0 Å². The van der Waals surface area contributed by atoms with Gasteiger partial charge in [-0.1, -0.05) is 0 Å². The lowest BCUT2D eigenvalue weighted by Gasteiger charge is -1.85. The first-order chi connectivity index (χ1) is 3.80. The smallest absolute Gasteiger partial charge is 0.258 e. The van der Waals surface area contributed by atoms with E-state index in [-0.39, 0.29) is 5.70 Å². The Bertz CT molecular complexity index is 141. The molecule has 0 saturated heterocycles. The Morgan fingerprint density at radius 3 is 3.00 bits per heavy atom. The largest absolute Gasteiger partial charge is 0.294 e. The SMILES string of the molecule is O=[N+]([O-])C1=C[C]NC1. The van der Waals surface area contributed by atoms with Gasteiger partial charge in [0.2, 0.25) is 0 Å². The van der Waals surface area contributed by atoms with Crippen LogP contribution in [0.15, 0.2) is 11.8 Å². The summed E-state index contributed by atoms with van der Waals surface area (Å²) in [7, 11) is 0. The molecule has 8 heavy (non-hydrogen) atoms. The van der Waals surface area contributed by atoms with Crippen LogP contribution in [0.3, 0.4) is 0 Å². The molecular formula is C4H4N2O2. The van der Waals surface area contributed by atoms with Crippen molar-refractivity contribution < 1.29 is 4.92 Å². The monoisotopic (exact) mass is 112 g/mol. The van der Waals surface area contributed by atoms with Crippen molar-refractivity contribution in [2.24, 2.45) is 0 Å². The maximum Gasteiger partial charge on any atom is 0.258 e. The van der Waals surface area contributed by atoms with Crippen LogP contribution < -0.4 is 5.32 Å². The van der Waals surface area contributed by atoms with Gasteiger partial charge in [0.25, 0.3) is 5.70 Å². The van der Waals surface area contributed by atoms with Gasteiger partial charge in [0.15, 0.2) is 0 Å². The van der Waals surface area contributed by atoms with Crippen molar-refractivity contribution in [1.82, 2.24) is 5.32 Å². The van der Waals surface area contributed by atoms with E-state index in [0.29, 0.717) is 6.54 Å². The molecule has 1 N–H and O–H groups in total. The van der Waals surface area contributed by atoms with Crippen LogP contribution in [-0.4, -0.2) is 11.5 Å². The Labute approximate surface area is 46.3 Å². The van der Waals surface area contributed by atoms with Crippen molar-refractivity contribution in [2.45, 2.75) is 0 Å². The minimum atomic E-state index is -0.424. The molecule has 1 heterocycles. The summed E-state index contributed by atoms with van der Waals surface area (Å²) in [4.78, 5) is 9.44. The quantitative estimate of drug-likeness (QED) is 0.377. The van der Waals surface area contributed by atoms with Gasteiger partial charge in [-0.3, -0.25) is 15.4 Å². The molecule has 0 aliphatic carbocycles. The molecule has 42 valence electrons. The Morgan fingerprint density at radius 2 is 2.75 bits per heavy atom. The predicted octanol–water partition coefficient (Wildman–Crippen LogP) is -0.211. The molecule has 0 aromatic rings. The van der Waals surface area contributed by atoms with Crippen LogP contribution in [0.1, 0.15) is 0 Å². The minimum absolute atomic E-state index is 0.171. The number of nitrogens with one attached hydrogen (secondary N) is 1. The number of nitro groups is 1. The molecule has 0 bridgehead atoms. The molecule has 2 radical (unpaired) electrons. The second-order valence-electron chi connectivity index (χ2n) is 1.39. The summed E-state index contributed by atoms with van der Waals surface area (Å²) in [6.45, 7) is 2.80. The van der Waals surface area contributed by atoms with Gasteiger partial charge in [0.05, 0.1) is 18.0 Å². The first kappa shape index (κ1) is 5.24. The van der Waals surface area contributed by atoms with E-state index in [1.807, 2.05) is 0 Å². The fourth-order valence-corrected chi connectivity index (χ4v) is 0.444. The van der Waals surface area contributed by atoms with Gasteiger partial charge < -0.3 is 0 Å². The van der Waals surface area contributed by atoms with Gasteiger partial charge in [-0.05, 0) is 0 Å². The Morgan fingerprint density at radius 1 is 2.00 bits per heavy atom. The van der Waals surface area contributed by atoms with Gasteiger partial charge in [0.1, 0.15) is 0 Å². The lowest BCUT2D eigenvalue weighted by Crippen LogP contribution is -2.08. The normalized spacial score (nSPS) is 18.2. The van der Waals surface area contributed by atoms with E-state index in [4.69, 9.17) is 0 Å². The lowest BCUT2D eigenvalue weighted by molar-refractivity contribution is -0.424. The maximum absolute atomic E-state index is 9.86. The van der Waals surface area contributed by atoms with E-state index in [9.17, 15) is 10.1 Å². The fraction of sp³-hybridized carbons (Fsp3) is 0.250. The van der Waals surface area contributed by atoms with Gasteiger partial charge in [-0.15, -0.1) is 0 Å². The van der Waals surface area contributed by atoms with Crippen LogP contribution >= 0.6 is 0 Å². The zero-order valence-electron chi connectivity index (χ0n) is 4.05. The first-order valence-electron chi connectivity index (χ1n) is 2.12. The highest BCUT2D eigenvalue weighted by Gasteiger charge is 2.13. The van der Waals surface area contributed by atoms with E-state index in [1.54, 1.807) is 0 Å². The molecule has 0 aromatic heterocycles. The summed E-state index contributed by atoms with van der Waals surface area (Å²) < 4.78 is 0. The highest BCUT2D eigenvalue weighted by molar-refractivity contribution is 5.08. The predicted molar refractivity (Wildman–Crippen MR) is 26.3 cm³/mol. The molecule has 1 rings (SSSR count). The molecule has 0 fully saturated rings. The van der Waals surface area contributed by atoms with Crippen molar-refractivity contribution in [3.05, 3.63) is 28.4 Å². The van der Waals surface area contributed by atoms with Crippen molar-refractivity contribution in [1.29, 1.82) is 0 Å². The van der Waals surface area contributed by atoms with Crippen LogP contribution in [0.2, 0.25) is 0 Å². The van der Waals surface area contributed by atoms with Crippen LogP contribution in [-0.2, 0) is 0 Å². The van der Waals surface area contributed by atoms with E-state index in [1.165, 1.54) is 6.08 Å². The van der Waals surface area contributed by atoms with Crippen molar-refractivity contribution >= 4 is 0 Å². The Hall–Kier alpha value is -0.900. The third-order valence-electron chi connectivity index (χ3n) is 0.845. The first-order valence-corrected chi connectivity index (χ1v) is 2.12. The average Bonchev–Trinajstić information content (AvgIpc) is 2.12. The number of nitrogens with zero attached hydrogens (tertiary/aromatic N) is 1. The lowest BCUT2D eigenvalue weighted by atomic mass is 10.5. The van der Waals surface area contributed by atoms with Gasteiger partial charge in [-0.25, -0.2) is 0 Å². The third-order valence-corrected chi connectivity index (χ3v) is 0.845. The van der Waals surface area contributed by atoms with Crippen molar-refractivity contribution in [3.8, 4) is 0 Å². The van der Waals surface area contributed by atoms with E-state index in [2.05, 4.69) is 11.9 Å². The summed E-state index contributed by atoms with van der Waals surface area (Å²) in [6, 6.07) is 0. The zero-order chi connectivity index (χ0) is 5.98. The third kappa shape index (κ3) is 0.840. The Kier molecular flexibility index (Phi) is 1.26. The van der Waals surface area contributed by atoms with Crippen LogP contribution in [0, 0.1) is 16.7 Å². The molecule has 0 aromatic carbocycles. The second kappa shape index (κ2) is 1.92. The number of hydrogen-bond acceptors (Lipinski definition) is 3. The molecule has 0 spiro atoms. The maximum atomic E-state index is 9.86. The molecule has 4 nitrogen and oxygen atoms in total. The molecule has 0 saturated carbocycles. The highest BCUT2D eigenvalue weighted by atomic mass is 16.6. The summed E-state index contributed by atoms with van der Waals surface area (Å²) >= 11 is 0. The average molecular weight is 112 g/mol. The second-order valence-corrected chi connectivity index (χ2v) is 1.39. The summed E-state index contributed by atoms with van der Waals surface area (Å²) in [5.74, 6) is 0. The molecular weight excluding hydrogens is 108 g/mol. The summed E-state index contributed by atoms with van der Waals surface area (Å²) in [6.07, 6.45) is 1.33. The zero-order valence-corrected chi connectivity index (χ0v) is 4.05. The van der Waals surface area contributed by atoms with Crippen molar-refractivity contribution in [3.63, 3.8) is 0 Å². The molecule has 0 atom stereocenters. The van der Waals surface area contributed by atoms with Gasteiger partial charge >= 0.3 is 0 Å². The molecule has 0 unspecified atom stereocenters. The number of rotatable bonds is 1. The summed E-state index contributed by atoms with van der Waals surface area (Å²) in [5, 5.41) is 12.4. The topological polar surface area (TPSA) is 55.2 Å². The van der Waals surface area contributed by atoms with E-state index < -0.39 is 4.92 Å². The van der Waals surface area contributed by atoms with Crippen LogP contribution in [0.25, 0.3) is 0 Å². The van der Waals surface area contributed by atoms with Crippen LogP contribution in [0.5, 0.6) is 0 Å². The van der Waals surface area contributed by atoms with Crippen molar-refractivity contribution in [2.75, 3.05) is 6.54 Å². The Balaban J connectivity index is 2.57. The van der Waals surface area contributed by atoms with Crippen LogP contribution in [0.4, 0.5) is 0 Å². The summed E-state index contributed by atoms with van der Waals surface area (Å²) in [5.41, 5.74) is 0.171. The molecule has 0 amide bonds. The number of hydrogen-bond donors (Lipinski definition) is 1. The van der Waals surface area contributed by atoms with Gasteiger partial charge in [-0.2, -0.15) is 0 Å². The minimum Gasteiger partial charge on any atom is -0.294 e. The molecule has 1 aliphatic rings. The standard InChI is InChI=1S/C4H4N2O2/c7-6(8)4-1-2-5-3-4/h1,5H,3H2. The highest BCUT2D eigenvalue weighted by Crippen LogP contribution is 1.99.